The van der Waals surface area contributed by atoms with Gasteiger partial charge in [0.05, 0.1) is 12.5 Å². The van der Waals surface area contributed by atoms with E-state index in [9.17, 15) is 24.0 Å². The molecule has 0 spiro atoms. The minimum atomic E-state index is -1.48. The summed E-state index contributed by atoms with van der Waals surface area (Å²) in [6.07, 6.45) is 1.33. The molecule has 1 fully saturated rings. The molecule has 5 atom stereocenters. The topological polar surface area (TPSA) is 174 Å². The first-order valence-electron chi connectivity index (χ1n) is 9.65. The summed E-state index contributed by atoms with van der Waals surface area (Å²) in [5.41, 5.74) is 0. The maximum Gasteiger partial charge on any atom is 0.325 e. The summed E-state index contributed by atoms with van der Waals surface area (Å²) in [7, 11) is 0. The number of carboxylic acids is 2. The van der Waals surface area contributed by atoms with Crippen LogP contribution in [-0.2, 0) is 24.0 Å². The molecule has 0 aromatic rings. The smallest absolute Gasteiger partial charge is 0.325 e. The van der Waals surface area contributed by atoms with E-state index in [1.165, 1.54) is 6.92 Å². The Kier molecular flexibility index (Phi) is 9.53. The molecule has 0 bridgehead atoms. The van der Waals surface area contributed by atoms with Crippen LogP contribution in [0.3, 0.4) is 0 Å². The van der Waals surface area contributed by atoms with Gasteiger partial charge in [0, 0.05) is 0 Å². The summed E-state index contributed by atoms with van der Waals surface area (Å²) in [5.74, 6) is -4.87. The fraction of sp³-hybridized carbons (Fsp3) is 0.722. The molecule has 1 saturated heterocycles. The molecule has 1 aliphatic heterocycles. The van der Waals surface area contributed by atoms with E-state index in [1.807, 2.05) is 6.92 Å². The van der Waals surface area contributed by atoms with E-state index in [-0.39, 0.29) is 11.8 Å². The molecule has 0 aromatic heterocycles. The summed E-state index contributed by atoms with van der Waals surface area (Å²) < 4.78 is 0. The van der Waals surface area contributed by atoms with Crippen LogP contribution in [0.5, 0.6) is 0 Å². The lowest BCUT2D eigenvalue weighted by Crippen LogP contribution is -2.58. The highest BCUT2D eigenvalue weighted by Gasteiger charge is 2.33. The van der Waals surface area contributed by atoms with E-state index in [0.29, 0.717) is 19.4 Å². The normalized spacial score (nSPS) is 20.0. The Hall–Kier alpha value is -2.69. The molecule has 1 aliphatic rings. The van der Waals surface area contributed by atoms with Crippen molar-refractivity contribution in [1.82, 2.24) is 21.3 Å². The summed E-state index contributed by atoms with van der Waals surface area (Å²) in [6.45, 7) is 5.52. The van der Waals surface area contributed by atoms with Gasteiger partial charge < -0.3 is 31.5 Å². The number of nitrogens with one attached hydrogen (secondary N) is 4. The number of carboxylic acid groups (broad SMARTS) is 2. The van der Waals surface area contributed by atoms with Gasteiger partial charge in [0.1, 0.15) is 18.1 Å². The molecule has 11 heteroatoms. The van der Waals surface area contributed by atoms with Gasteiger partial charge in [0.15, 0.2) is 0 Å². The molecule has 1 heterocycles. The zero-order valence-corrected chi connectivity index (χ0v) is 16.9. The Morgan fingerprint density at radius 2 is 1.69 bits per heavy atom. The molecule has 164 valence electrons. The molecule has 0 aromatic carbocycles. The summed E-state index contributed by atoms with van der Waals surface area (Å²) in [6, 6.07) is -4.09. The van der Waals surface area contributed by atoms with Gasteiger partial charge in [-0.1, -0.05) is 20.3 Å². The van der Waals surface area contributed by atoms with Crippen molar-refractivity contribution in [2.45, 2.75) is 70.6 Å². The van der Waals surface area contributed by atoms with Crippen molar-refractivity contribution < 1.29 is 34.2 Å². The van der Waals surface area contributed by atoms with Crippen LogP contribution in [0.25, 0.3) is 0 Å². The third-order valence-corrected chi connectivity index (χ3v) is 4.91. The van der Waals surface area contributed by atoms with Crippen molar-refractivity contribution >= 4 is 29.7 Å². The van der Waals surface area contributed by atoms with E-state index in [2.05, 4.69) is 21.3 Å². The molecule has 29 heavy (non-hydrogen) atoms. The number of amides is 3. The van der Waals surface area contributed by atoms with E-state index in [0.717, 1.165) is 6.42 Å². The highest BCUT2D eigenvalue weighted by molar-refractivity contribution is 5.95. The van der Waals surface area contributed by atoms with Crippen LogP contribution in [0, 0.1) is 5.92 Å². The summed E-state index contributed by atoms with van der Waals surface area (Å²) in [5, 5.41) is 28.1. The quantitative estimate of drug-likeness (QED) is 0.245. The number of hydrogen-bond donors (Lipinski definition) is 6. The van der Waals surface area contributed by atoms with Gasteiger partial charge in [0.25, 0.3) is 0 Å². The SMILES string of the molecule is CCC(C)C(NC(=O)C1CCCN1)C(=O)NC(CC(=O)O)C(=O)NC(C)C(=O)O. The van der Waals surface area contributed by atoms with Gasteiger partial charge >= 0.3 is 11.9 Å². The molecule has 0 saturated carbocycles. The van der Waals surface area contributed by atoms with Crippen LogP contribution < -0.4 is 21.3 Å². The molecule has 0 aliphatic carbocycles. The molecule has 6 N–H and O–H groups in total. The Labute approximate surface area is 169 Å². The van der Waals surface area contributed by atoms with Gasteiger partial charge in [-0.05, 0) is 32.2 Å². The fourth-order valence-corrected chi connectivity index (χ4v) is 2.89. The molecule has 11 nitrogen and oxygen atoms in total. The van der Waals surface area contributed by atoms with Crippen molar-refractivity contribution in [1.29, 1.82) is 0 Å². The zero-order chi connectivity index (χ0) is 22.1. The lowest BCUT2D eigenvalue weighted by molar-refractivity contribution is -0.143. The van der Waals surface area contributed by atoms with Crippen LogP contribution >= 0.6 is 0 Å². The van der Waals surface area contributed by atoms with E-state index in [4.69, 9.17) is 10.2 Å². The molecule has 0 radical (unpaired) electrons. The number of rotatable bonds is 11. The largest absolute Gasteiger partial charge is 0.481 e. The second kappa shape index (κ2) is 11.3. The van der Waals surface area contributed by atoms with Crippen molar-refractivity contribution in [3.8, 4) is 0 Å². The van der Waals surface area contributed by atoms with Crippen LogP contribution in [0.4, 0.5) is 0 Å². The van der Waals surface area contributed by atoms with Gasteiger partial charge in [-0.15, -0.1) is 0 Å². The number of hydrogen-bond acceptors (Lipinski definition) is 6. The number of carbonyl (C=O) groups excluding carboxylic acids is 3. The maximum absolute atomic E-state index is 12.8. The maximum atomic E-state index is 12.8. The second-order valence-corrected chi connectivity index (χ2v) is 7.25. The number of aliphatic carboxylic acids is 2. The highest BCUT2D eigenvalue weighted by atomic mass is 16.4. The Bertz CT molecular complexity index is 634. The lowest BCUT2D eigenvalue weighted by atomic mass is 9.97. The van der Waals surface area contributed by atoms with Crippen molar-refractivity contribution in [3.63, 3.8) is 0 Å². The third-order valence-electron chi connectivity index (χ3n) is 4.91. The minimum absolute atomic E-state index is 0.271. The molecule has 3 amide bonds. The molecular formula is C18H30N4O7. The van der Waals surface area contributed by atoms with Crippen LogP contribution in [0.1, 0.15) is 46.5 Å². The predicted molar refractivity (Wildman–Crippen MR) is 102 cm³/mol. The molecular weight excluding hydrogens is 384 g/mol. The lowest BCUT2D eigenvalue weighted by Gasteiger charge is -2.27. The fourth-order valence-electron chi connectivity index (χ4n) is 2.89. The van der Waals surface area contributed by atoms with Gasteiger partial charge in [-0.25, -0.2) is 0 Å². The Morgan fingerprint density at radius 3 is 2.17 bits per heavy atom. The Morgan fingerprint density at radius 1 is 1.03 bits per heavy atom. The van der Waals surface area contributed by atoms with E-state index >= 15 is 0 Å². The average Bonchev–Trinajstić information content (AvgIpc) is 3.18. The monoisotopic (exact) mass is 414 g/mol. The zero-order valence-electron chi connectivity index (χ0n) is 16.9. The first-order valence-corrected chi connectivity index (χ1v) is 9.65. The first kappa shape index (κ1) is 24.3. The van der Waals surface area contributed by atoms with Crippen molar-refractivity contribution in [2.24, 2.45) is 5.92 Å². The highest BCUT2D eigenvalue weighted by Crippen LogP contribution is 2.11. The molecule has 1 rings (SSSR count). The summed E-state index contributed by atoms with van der Waals surface area (Å²) in [4.78, 5) is 59.5. The molecule has 5 unspecified atom stereocenters. The third kappa shape index (κ3) is 7.68. The summed E-state index contributed by atoms with van der Waals surface area (Å²) >= 11 is 0. The van der Waals surface area contributed by atoms with Gasteiger partial charge in [0.2, 0.25) is 17.7 Å². The van der Waals surface area contributed by atoms with Crippen molar-refractivity contribution in [2.75, 3.05) is 6.54 Å². The van der Waals surface area contributed by atoms with Crippen molar-refractivity contribution in [3.05, 3.63) is 0 Å². The van der Waals surface area contributed by atoms with Crippen LogP contribution in [-0.4, -0.2) is 70.6 Å². The van der Waals surface area contributed by atoms with Gasteiger partial charge in [-0.3, -0.25) is 24.0 Å². The standard InChI is InChI=1S/C18H30N4O7/c1-4-9(2)14(22-15(25)11-6-5-7-19-11)17(27)21-12(8-13(23)24)16(26)20-10(3)18(28)29/h9-12,14,19H,4-8H2,1-3H3,(H,20,26)(H,21,27)(H,22,25)(H,23,24)(H,28,29). The Balaban J connectivity index is 2.89. The average molecular weight is 414 g/mol. The minimum Gasteiger partial charge on any atom is -0.481 e. The van der Waals surface area contributed by atoms with Crippen LogP contribution in [0.2, 0.25) is 0 Å². The van der Waals surface area contributed by atoms with Crippen LogP contribution in [0.15, 0.2) is 0 Å². The van der Waals surface area contributed by atoms with E-state index in [1.54, 1.807) is 6.92 Å². The second-order valence-electron chi connectivity index (χ2n) is 7.25. The first-order chi connectivity index (χ1) is 13.6. The van der Waals surface area contributed by atoms with E-state index < -0.39 is 54.3 Å². The predicted octanol–water partition coefficient (Wildman–Crippen LogP) is -1.18. The number of carbonyl (C=O) groups is 5. The van der Waals surface area contributed by atoms with Gasteiger partial charge in [-0.2, -0.15) is 0 Å².